The first-order valence-electron chi connectivity index (χ1n) is 5.29. The van der Waals surface area contributed by atoms with Crippen molar-refractivity contribution in [3.63, 3.8) is 0 Å². The molecular weight excluding hydrogens is 351 g/mol. The molecule has 3 N–H and O–H groups in total. The zero-order chi connectivity index (χ0) is 14.0. The van der Waals surface area contributed by atoms with E-state index in [1.165, 1.54) is 0 Å². The van der Waals surface area contributed by atoms with Gasteiger partial charge in [-0.2, -0.15) is 0 Å². The predicted octanol–water partition coefficient (Wildman–Crippen LogP) is 4.59. The second kappa shape index (κ2) is 5.82. The average Bonchev–Trinajstić information content (AvgIpc) is 2.37. The number of hydrogen-bond acceptors (Lipinski definition) is 2. The molecule has 0 aliphatic heterocycles. The molecule has 0 spiro atoms. The third kappa shape index (κ3) is 3.21. The van der Waals surface area contributed by atoms with Gasteiger partial charge in [0.15, 0.2) is 0 Å². The highest BCUT2D eigenvalue weighted by molar-refractivity contribution is 9.10. The topological polar surface area (TPSA) is 55.1 Å². The maximum Gasteiger partial charge on any atom is 0.257 e. The molecule has 0 aliphatic carbocycles. The van der Waals surface area contributed by atoms with Gasteiger partial charge in [0.2, 0.25) is 0 Å². The molecule has 0 unspecified atom stereocenters. The Labute approximate surface area is 128 Å². The molecule has 1 amide bonds. The summed E-state index contributed by atoms with van der Waals surface area (Å²) in [5, 5.41) is 3.60. The normalized spacial score (nSPS) is 10.3. The lowest BCUT2D eigenvalue weighted by atomic mass is 10.1. The Morgan fingerprint density at radius 3 is 2.68 bits per heavy atom. The van der Waals surface area contributed by atoms with Crippen molar-refractivity contribution in [3.8, 4) is 0 Å². The van der Waals surface area contributed by atoms with Crippen LogP contribution in [0.3, 0.4) is 0 Å². The molecule has 0 radical (unpaired) electrons. The fraction of sp³-hybridized carbons (Fsp3) is 0. The Kier molecular flexibility index (Phi) is 4.34. The summed E-state index contributed by atoms with van der Waals surface area (Å²) in [4.78, 5) is 12.1. The van der Waals surface area contributed by atoms with E-state index in [-0.39, 0.29) is 11.6 Å². The second-order valence-electron chi connectivity index (χ2n) is 3.78. The number of amides is 1. The van der Waals surface area contributed by atoms with Crippen molar-refractivity contribution in [1.29, 1.82) is 0 Å². The molecule has 0 saturated carbocycles. The second-order valence-corrected chi connectivity index (χ2v) is 5.48. The highest BCUT2D eigenvalue weighted by Gasteiger charge is 2.13. The molecule has 6 heteroatoms. The summed E-state index contributed by atoms with van der Waals surface area (Å²) in [6.07, 6.45) is 0. The van der Waals surface area contributed by atoms with Gasteiger partial charge in [0.25, 0.3) is 5.91 Å². The largest absolute Gasteiger partial charge is 0.397 e. The molecule has 2 rings (SSSR count). The van der Waals surface area contributed by atoms with E-state index in [9.17, 15) is 4.79 Å². The molecule has 2 aromatic rings. The first kappa shape index (κ1) is 14.2. The average molecular weight is 360 g/mol. The number of benzene rings is 2. The van der Waals surface area contributed by atoms with Gasteiger partial charge in [-0.15, -0.1) is 0 Å². The van der Waals surface area contributed by atoms with Crippen LogP contribution in [0.2, 0.25) is 10.0 Å². The standard InChI is InChI=1S/C13H9BrCl2N2O/c14-9-5-4-7(15)6-11(9)18-13(19)8-2-1-3-10(16)12(8)17/h1-6H,17H2,(H,18,19). The van der Waals surface area contributed by atoms with Crippen LogP contribution < -0.4 is 11.1 Å². The first-order chi connectivity index (χ1) is 8.99. The summed E-state index contributed by atoms with van der Waals surface area (Å²) in [5.41, 5.74) is 6.91. The lowest BCUT2D eigenvalue weighted by molar-refractivity contribution is 0.102. The highest BCUT2D eigenvalue weighted by Crippen LogP contribution is 2.28. The molecule has 2 aromatic carbocycles. The fourth-order valence-electron chi connectivity index (χ4n) is 1.52. The van der Waals surface area contributed by atoms with E-state index in [1.807, 2.05) is 0 Å². The van der Waals surface area contributed by atoms with Gasteiger partial charge < -0.3 is 11.1 Å². The zero-order valence-electron chi connectivity index (χ0n) is 9.58. The molecule has 0 heterocycles. The molecule has 98 valence electrons. The molecule has 0 saturated heterocycles. The van der Waals surface area contributed by atoms with Crippen molar-refractivity contribution in [1.82, 2.24) is 0 Å². The summed E-state index contributed by atoms with van der Waals surface area (Å²) in [6.45, 7) is 0. The minimum atomic E-state index is -0.344. The maximum atomic E-state index is 12.1. The van der Waals surface area contributed by atoms with E-state index in [0.717, 1.165) is 4.47 Å². The molecule has 3 nitrogen and oxygen atoms in total. The van der Waals surface area contributed by atoms with Crippen LogP contribution in [0.15, 0.2) is 40.9 Å². The number of nitrogen functional groups attached to an aromatic ring is 1. The predicted molar refractivity (Wildman–Crippen MR) is 83.0 cm³/mol. The molecule has 0 aliphatic rings. The van der Waals surface area contributed by atoms with Crippen molar-refractivity contribution < 1.29 is 4.79 Å². The van der Waals surface area contributed by atoms with E-state index in [0.29, 0.717) is 21.3 Å². The van der Waals surface area contributed by atoms with E-state index < -0.39 is 0 Å². The van der Waals surface area contributed by atoms with Crippen LogP contribution in [-0.4, -0.2) is 5.91 Å². The smallest absolute Gasteiger partial charge is 0.257 e. The maximum absolute atomic E-state index is 12.1. The quantitative estimate of drug-likeness (QED) is 0.770. The Balaban J connectivity index is 2.31. The molecule has 0 bridgehead atoms. The van der Waals surface area contributed by atoms with Crippen molar-refractivity contribution in [2.24, 2.45) is 0 Å². The molecule has 19 heavy (non-hydrogen) atoms. The lowest BCUT2D eigenvalue weighted by Crippen LogP contribution is -2.14. The Morgan fingerprint density at radius 1 is 1.21 bits per heavy atom. The van der Waals surface area contributed by atoms with Gasteiger partial charge >= 0.3 is 0 Å². The number of hydrogen-bond donors (Lipinski definition) is 2. The Bertz CT molecular complexity index is 647. The third-order valence-electron chi connectivity index (χ3n) is 2.47. The summed E-state index contributed by atoms with van der Waals surface area (Å²) in [7, 11) is 0. The molecular formula is C13H9BrCl2N2O. The number of carbonyl (C=O) groups is 1. The monoisotopic (exact) mass is 358 g/mol. The summed E-state index contributed by atoms with van der Waals surface area (Å²) in [5.74, 6) is -0.344. The first-order valence-corrected chi connectivity index (χ1v) is 6.84. The van der Waals surface area contributed by atoms with Gasteiger partial charge in [-0.25, -0.2) is 0 Å². The lowest BCUT2D eigenvalue weighted by Gasteiger charge is -2.10. The Hall–Kier alpha value is -1.23. The van der Waals surface area contributed by atoms with Crippen LogP contribution in [0.25, 0.3) is 0 Å². The summed E-state index contributed by atoms with van der Waals surface area (Å²) >= 11 is 15.1. The van der Waals surface area contributed by atoms with Crippen molar-refractivity contribution >= 4 is 56.4 Å². The van der Waals surface area contributed by atoms with Gasteiger partial charge in [0, 0.05) is 9.50 Å². The number of carbonyl (C=O) groups excluding carboxylic acids is 1. The van der Waals surface area contributed by atoms with Crippen LogP contribution in [0, 0.1) is 0 Å². The number of halogens is 3. The van der Waals surface area contributed by atoms with Crippen molar-refractivity contribution in [3.05, 3.63) is 56.5 Å². The van der Waals surface area contributed by atoms with Gasteiger partial charge in [-0.1, -0.05) is 29.3 Å². The van der Waals surface area contributed by atoms with Crippen LogP contribution in [0.5, 0.6) is 0 Å². The summed E-state index contributed by atoms with van der Waals surface area (Å²) in [6, 6.07) is 10.0. The number of para-hydroxylation sites is 1. The zero-order valence-corrected chi connectivity index (χ0v) is 12.7. The minimum absolute atomic E-state index is 0.250. The van der Waals surface area contributed by atoms with Crippen molar-refractivity contribution in [2.45, 2.75) is 0 Å². The van der Waals surface area contributed by atoms with E-state index in [2.05, 4.69) is 21.2 Å². The van der Waals surface area contributed by atoms with E-state index in [4.69, 9.17) is 28.9 Å². The minimum Gasteiger partial charge on any atom is -0.397 e. The van der Waals surface area contributed by atoms with Gasteiger partial charge in [-0.3, -0.25) is 4.79 Å². The third-order valence-corrected chi connectivity index (χ3v) is 3.73. The molecule has 0 fully saturated rings. The molecule has 0 aromatic heterocycles. The van der Waals surface area contributed by atoms with Crippen LogP contribution in [0.4, 0.5) is 11.4 Å². The van der Waals surface area contributed by atoms with E-state index >= 15 is 0 Å². The number of rotatable bonds is 2. The van der Waals surface area contributed by atoms with E-state index in [1.54, 1.807) is 36.4 Å². The van der Waals surface area contributed by atoms with Crippen LogP contribution >= 0.6 is 39.1 Å². The van der Waals surface area contributed by atoms with Gasteiger partial charge in [-0.05, 0) is 46.3 Å². The van der Waals surface area contributed by atoms with Gasteiger partial charge in [0.1, 0.15) is 0 Å². The van der Waals surface area contributed by atoms with Crippen LogP contribution in [0.1, 0.15) is 10.4 Å². The molecule has 0 atom stereocenters. The number of anilines is 2. The van der Waals surface area contributed by atoms with Crippen LogP contribution in [-0.2, 0) is 0 Å². The SMILES string of the molecule is Nc1c(Cl)cccc1C(=O)Nc1cc(Cl)ccc1Br. The van der Waals surface area contributed by atoms with Crippen molar-refractivity contribution in [2.75, 3.05) is 11.1 Å². The fourth-order valence-corrected chi connectivity index (χ4v) is 2.21. The Morgan fingerprint density at radius 2 is 1.95 bits per heavy atom. The van der Waals surface area contributed by atoms with Gasteiger partial charge in [0.05, 0.1) is 22.0 Å². The summed E-state index contributed by atoms with van der Waals surface area (Å²) < 4.78 is 0.728. The number of nitrogens with two attached hydrogens (primary N) is 1. The number of nitrogens with one attached hydrogen (secondary N) is 1. The highest BCUT2D eigenvalue weighted by atomic mass is 79.9.